The summed E-state index contributed by atoms with van der Waals surface area (Å²) in [5.74, 6) is 0.759. The van der Waals surface area contributed by atoms with Crippen LogP contribution in [0.4, 0.5) is 0 Å². The topological polar surface area (TPSA) is 0 Å². The molecule has 1 heteroatoms. The van der Waals surface area contributed by atoms with Gasteiger partial charge in [-0.1, -0.05) is 107 Å². The zero-order chi connectivity index (χ0) is 17.6. The predicted octanol–water partition coefficient (Wildman–Crippen LogP) is 8.82. The van der Waals surface area contributed by atoms with Crippen molar-refractivity contribution in [3.63, 3.8) is 0 Å². The standard InChI is InChI=1S/C23H39Br/c1-4-7-10-11-13-16-20(15-12-8-5-2)22-18-17-21(14-9-6-3)23(24)19-22/h17-20H,4-16H2,1-3H3. The molecule has 0 nitrogen and oxygen atoms in total. The molecule has 0 fully saturated rings. The lowest BCUT2D eigenvalue weighted by Gasteiger charge is -2.19. The molecule has 0 spiro atoms. The van der Waals surface area contributed by atoms with Crippen molar-refractivity contribution in [3.8, 4) is 0 Å². The average molecular weight is 395 g/mol. The van der Waals surface area contributed by atoms with E-state index >= 15 is 0 Å². The lowest BCUT2D eigenvalue weighted by molar-refractivity contribution is 0.497. The van der Waals surface area contributed by atoms with Crippen LogP contribution in [0.5, 0.6) is 0 Å². The fourth-order valence-electron chi connectivity index (χ4n) is 3.50. The van der Waals surface area contributed by atoms with Gasteiger partial charge in [0.2, 0.25) is 0 Å². The van der Waals surface area contributed by atoms with Crippen LogP contribution in [0.25, 0.3) is 0 Å². The first-order valence-electron chi connectivity index (χ1n) is 10.5. The monoisotopic (exact) mass is 394 g/mol. The summed E-state index contributed by atoms with van der Waals surface area (Å²) in [6, 6.07) is 7.21. The van der Waals surface area contributed by atoms with Gasteiger partial charge in [-0.2, -0.15) is 0 Å². The third-order valence-corrected chi connectivity index (χ3v) is 5.90. The Balaban J connectivity index is 2.64. The number of aryl methyl sites for hydroxylation is 1. The van der Waals surface area contributed by atoms with Crippen LogP contribution < -0.4 is 0 Å². The molecule has 0 aliphatic heterocycles. The molecule has 0 saturated carbocycles. The quantitative estimate of drug-likeness (QED) is 0.276. The second kappa shape index (κ2) is 13.9. The van der Waals surface area contributed by atoms with Gasteiger partial charge in [0.15, 0.2) is 0 Å². The maximum absolute atomic E-state index is 3.83. The maximum Gasteiger partial charge on any atom is 0.0210 e. The Morgan fingerprint density at radius 3 is 1.96 bits per heavy atom. The van der Waals surface area contributed by atoms with Crippen molar-refractivity contribution < 1.29 is 0 Å². The first-order valence-corrected chi connectivity index (χ1v) is 11.3. The minimum Gasteiger partial charge on any atom is -0.0654 e. The van der Waals surface area contributed by atoms with E-state index in [1.54, 1.807) is 5.56 Å². The molecule has 0 bridgehead atoms. The van der Waals surface area contributed by atoms with E-state index in [9.17, 15) is 0 Å². The van der Waals surface area contributed by atoms with E-state index < -0.39 is 0 Å². The Labute approximate surface area is 160 Å². The number of unbranched alkanes of at least 4 members (excludes halogenated alkanes) is 7. The van der Waals surface area contributed by atoms with Crippen molar-refractivity contribution in [1.29, 1.82) is 0 Å². The molecule has 0 amide bonds. The Morgan fingerprint density at radius 2 is 1.33 bits per heavy atom. The van der Waals surface area contributed by atoms with Crippen LogP contribution in [-0.4, -0.2) is 0 Å². The predicted molar refractivity (Wildman–Crippen MR) is 113 cm³/mol. The maximum atomic E-state index is 3.83. The fraction of sp³-hybridized carbons (Fsp3) is 0.739. The van der Waals surface area contributed by atoms with Crippen LogP contribution >= 0.6 is 15.9 Å². The van der Waals surface area contributed by atoms with E-state index in [4.69, 9.17) is 0 Å². The first-order chi connectivity index (χ1) is 11.7. The molecule has 0 saturated heterocycles. The first kappa shape index (κ1) is 21.7. The highest BCUT2D eigenvalue weighted by molar-refractivity contribution is 9.10. The minimum absolute atomic E-state index is 0.759. The van der Waals surface area contributed by atoms with Gasteiger partial charge in [-0.05, 0) is 48.8 Å². The second-order valence-electron chi connectivity index (χ2n) is 7.35. The minimum atomic E-state index is 0.759. The lowest BCUT2D eigenvalue weighted by Crippen LogP contribution is -2.01. The van der Waals surface area contributed by atoms with Crippen molar-refractivity contribution in [1.82, 2.24) is 0 Å². The molecular formula is C23H39Br. The summed E-state index contributed by atoms with van der Waals surface area (Å²) in [5.41, 5.74) is 3.05. The summed E-state index contributed by atoms with van der Waals surface area (Å²) in [6.07, 6.45) is 17.5. The van der Waals surface area contributed by atoms with E-state index in [-0.39, 0.29) is 0 Å². The highest BCUT2D eigenvalue weighted by Gasteiger charge is 2.13. The summed E-state index contributed by atoms with van der Waals surface area (Å²) < 4.78 is 1.33. The third-order valence-electron chi connectivity index (χ3n) is 5.16. The number of rotatable bonds is 14. The van der Waals surface area contributed by atoms with Crippen molar-refractivity contribution in [3.05, 3.63) is 33.8 Å². The van der Waals surface area contributed by atoms with Crippen molar-refractivity contribution >= 4 is 15.9 Å². The molecule has 1 rings (SSSR count). The van der Waals surface area contributed by atoms with Gasteiger partial charge >= 0.3 is 0 Å². The summed E-state index contributed by atoms with van der Waals surface area (Å²) >= 11 is 3.83. The summed E-state index contributed by atoms with van der Waals surface area (Å²) in [4.78, 5) is 0. The van der Waals surface area contributed by atoms with Gasteiger partial charge < -0.3 is 0 Å². The van der Waals surface area contributed by atoms with Gasteiger partial charge in [-0.25, -0.2) is 0 Å². The van der Waals surface area contributed by atoms with Gasteiger partial charge in [-0.3, -0.25) is 0 Å². The zero-order valence-corrected chi connectivity index (χ0v) is 18.0. The van der Waals surface area contributed by atoms with Gasteiger partial charge in [0.1, 0.15) is 0 Å². The van der Waals surface area contributed by atoms with Gasteiger partial charge in [0.25, 0.3) is 0 Å². The molecule has 1 unspecified atom stereocenters. The van der Waals surface area contributed by atoms with E-state index in [1.165, 1.54) is 93.5 Å². The Morgan fingerprint density at radius 1 is 0.750 bits per heavy atom. The Hall–Kier alpha value is -0.300. The normalized spacial score (nSPS) is 12.5. The Bertz CT molecular complexity index is 424. The van der Waals surface area contributed by atoms with Crippen LogP contribution in [0, 0.1) is 0 Å². The highest BCUT2D eigenvalue weighted by Crippen LogP contribution is 2.32. The smallest absolute Gasteiger partial charge is 0.0210 e. The molecule has 0 N–H and O–H groups in total. The number of hydrogen-bond donors (Lipinski definition) is 0. The van der Waals surface area contributed by atoms with E-state index in [0.29, 0.717) is 0 Å². The fourth-order valence-corrected chi connectivity index (χ4v) is 4.09. The molecule has 0 radical (unpaired) electrons. The van der Waals surface area contributed by atoms with Crippen LogP contribution in [0.1, 0.15) is 115 Å². The zero-order valence-electron chi connectivity index (χ0n) is 16.4. The summed E-state index contributed by atoms with van der Waals surface area (Å²) in [7, 11) is 0. The average Bonchev–Trinajstić information content (AvgIpc) is 2.59. The number of benzene rings is 1. The molecular weight excluding hydrogens is 356 g/mol. The van der Waals surface area contributed by atoms with Crippen molar-refractivity contribution in [2.75, 3.05) is 0 Å². The lowest BCUT2D eigenvalue weighted by atomic mass is 9.87. The second-order valence-corrected chi connectivity index (χ2v) is 8.20. The summed E-state index contributed by atoms with van der Waals surface area (Å²) in [6.45, 7) is 6.87. The van der Waals surface area contributed by atoms with E-state index in [1.807, 2.05) is 0 Å². The summed E-state index contributed by atoms with van der Waals surface area (Å²) in [5, 5.41) is 0. The van der Waals surface area contributed by atoms with Gasteiger partial charge in [-0.15, -0.1) is 0 Å². The number of halogens is 1. The van der Waals surface area contributed by atoms with Crippen LogP contribution in [0.2, 0.25) is 0 Å². The third kappa shape index (κ3) is 8.70. The van der Waals surface area contributed by atoms with Crippen molar-refractivity contribution in [2.45, 2.75) is 110 Å². The van der Waals surface area contributed by atoms with E-state index in [0.717, 1.165) is 5.92 Å². The molecule has 1 aromatic rings. The molecule has 24 heavy (non-hydrogen) atoms. The molecule has 138 valence electrons. The molecule has 0 aliphatic rings. The van der Waals surface area contributed by atoms with Gasteiger partial charge in [0.05, 0.1) is 0 Å². The van der Waals surface area contributed by atoms with Crippen molar-refractivity contribution in [2.24, 2.45) is 0 Å². The molecule has 1 atom stereocenters. The molecule has 0 aliphatic carbocycles. The van der Waals surface area contributed by atoms with E-state index in [2.05, 4.69) is 54.9 Å². The van der Waals surface area contributed by atoms with Gasteiger partial charge in [0, 0.05) is 4.47 Å². The highest BCUT2D eigenvalue weighted by atomic mass is 79.9. The van der Waals surface area contributed by atoms with Crippen LogP contribution in [0.3, 0.4) is 0 Å². The van der Waals surface area contributed by atoms with Crippen LogP contribution in [0.15, 0.2) is 22.7 Å². The number of hydrogen-bond acceptors (Lipinski definition) is 0. The largest absolute Gasteiger partial charge is 0.0654 e. The van der Waals surface area contributed by atoms with Crippen LogP contribution in [-0.2, 0) is 6.42 Å². The molecule has 0 heterocycles. The molecule has 0 aromatic heterocycles. The SMILES string of the molecule is CCCCCCCC(CCCCC)c1ccc(CCCC)c(Br)c1. The Kier molecular flexibility index (Phi) is 12.6. The molecule has 1 aromatic carbocycles.